The highest BCUT2D eigenvalue weighted by atomic mass is 16.1. The molecule has 3 unspecified atom stereocenters. The van der Waals surface area contributed by atoms with Crippen molar-refractivity contribution in [3.05, 3.63) is 70.8 Å². The van der Waals surface area contributed by atoms with Crippen LogP contribution in [0.15, 0.2) is 48.5 Å². The summed E-state index contributed by atoms with van der Waals surface area (Å²) in [6, 6.07) is 17.1. The van der Waals surface area contributed by atoms with E-state index in [-0.39, 0.29) is 11.9 Å². The van der Waals surface area contributed by atoms with Crippen molar-refractivity contribution in [3.8, 4) is 0 Å². The smallest absolute Gasteiger partial charge is 0.252 e. The van der Waals surface area contributed by atoms with Crippen LogP contribution in [0.5, 0.6) is 0 Å². The first-order valence-corrected chi connectivity index (χ1v) is 10.1. The van der Waals surface area contributed by atoms with E-state index in [0.29, 0.717) is 12.0 Å². The highest BCUT2D eigenvalue weighted by molar-refractivity contribution is 5.97. The molecule has 3 rings (SSSR count). The number of nitrogens with zero attached hydrogens (tertiary/aromatic N) is 1. The summed E-state index contributed by atoms with van der Waals surface area (Å²) in [6.45, 7) is 10.8. The van der Waals surface area contributed by atoms with Gasteiger partial charge < -0.3 is 10.2 Å². The summed E-state index contributed by atoms with van der Waals surface area (Å²) in [7, 11) is 0. The summed E-state index contributed by atoms with van der Waals surface area (Å²) in [5.74, 6) is 0.363. The third-order valence-electron chi connectivity index (χ3n) is 5.94. The fraction of sp³-hybridized carbons (Fsp3) is 0.458. The maximum absolute atomic E-state index is 13.2. The standard InChI is InChI=1S/C24H32N2O/c1-17-10-8-11-18(2)22(17)24(27)25-23(21-13-6-5-7-14-21)19(3)16-26-15-9-12-20(26)4/h5-8,10-11,13-14,19-20,23H,9,12,15-16H2,1-4H3,(H,25,27). The lowest BCUT2D eigenvalue weighted by molar-refractivity contribution is 0.0912. The summed E-state index contributed by atoms with van der Waals surface area (Å²) < 4.78 is 0. The van der Waals surface area contributed by atoms with Crippen LogP contribution in [0.2, 0.25) is 0 Å². The van der Waals surface area contributed by atoms with Crippen LogP contribution < -0.4 is 5.32 Å². The molecular weight excluding hydrogens is 332 g/mol. The van der Waals surface area contributed by atoms with Crippen molar-refractivity contribution < 1.29 is 4.79 Å². The lowest BCUT2D eigenvalue weighted by Gasteiger charge is -2.31. The maximum atomic E-state index is 13.2. The number of hydrogen-bond donors (Lipinski definition) is 1. The molecule has 1 aliphatic rings. The Hall–Kier alpha value is -2.13. The first kappa shape index (κ1) is 19.6. The SMILES string of the molecule is Cc1cccc(C)c1C(=O)NC(c1ccccc1)C(C)CN1CCCC1C. The van der Waals surface area contributed by atoms with Crippen LogP contribution in [-0.4, -0.2) is 29.9 Å². The molecule has 27 heavy (non-hydrogen) atoms. The minimum atomic E-state index is 0.00510. The molecule has 0 spiro atoms. The summed E-state index contributed by atoms with van der Waals surface area (Å²) in [5, 5.41) is 3.35. The summed E-state index contributed by atoms with van der Waals surface area (Å²) in [5.41, 5.74) is 4.04. The van der Waals surface area contributed by atoms with E-state index in [1.807, 2.05) is 38.1 Å². The predicted molar refractivity (Wildman–Crippen MR) is 112 cm³/mol. The maximum Gasteiger partial charge on any atom is 0.252 e. The van der Waals surface area contributed by atoms with Crippen LogP contribution in [0.25, 0.3) is 0 Å². The van der Waals surface area contributed by atoms with E-state index in [2.05, 4.69) is 48.3 Å². The van der Waals surface area contributed by atoms with Gasteiger partial charge in [-0.2, -0.15) is 0 Å². The van der Waals surface area contributed by atoms with E-state index in [1.165, 1.54) is 18.4 Å². The second-order valence-corrected chi connectivity index (χ2v) is 8.09. The second kappa shape index (κ2) is 8.71. The Bertz CT molecular complexity index is 751. The zero-order valence-electron chi connectivity index (χ0n) is 17.0. The highest BCUT2D eigenvalue weighted by Crippen LogP contribution is 2.27. The molecule has 2 aromatic carbocycles. The Morgan fingerprint density at radius 1 is 1.11 bits per heavy atom. The molecule has 1 heterocycles. The summed E-state index contributed by atoms with van der Waals surface area (Å²) >= 11 is 0. The molecule has 3 nitrogen and oxygen atoms in total. The van der Waals surface area contributed by atoms with Crippen LogP contribution in [-0.2, 0) is 0 Å². The van der Waals surface area contributed by atoms with Gasteiger partial charge in [-0.3, -0.25) is 4.79 Å². The summed E-state index contributed by atoms with van der Waals surface area (Å²) in [4.78, 5) is 15.7. The molecule has 1 aliphatic heterocycles. The van der Waals surface area contributed by atoms with Crippen LogP contribution >= 0.6 is 0 Å². The second-order valence-electron chi connectivity index (χ2n) is 8.09. The molecule has 1 N–H and O–H groups in total. The first-order valence-electron chi connectivity index (χ1n) is 10.1. The van der Waals surface area contributed by atoms with Gasteiger partial charge in [0.15, 0.2) is 0 Å². The minimum Gasteiger partial charge on any atom is -0.345 e. The molecule has 0 bridgehead atoms. The summed E-state index contributed by atoms with van der Waals surface area (Å²) in [6.07, 6.45) is 2.55. The number of hydrogen-bond acceptors (Lipinski definition) is 2. The van der Waals surface area contributed by atoms with Gasteiger partial charge in [-0.25, -0.2) is 0 Å². The third-order valence-corrected chi connectivity index (χ3v) is 5.94. The molecule has 144 valence electrons. The average molecular weight is 365 g/mol. The molecule has 1 fully saturated rings. The lowest BCUT2D eigenvalue weighted by Crippen LogP contribution is -2.39. The van der Waals surface area contributed by atoms with Crippen molar-refractivity contribution in [3.63, 3.8) is 0 Å². The molecule has 2 aromatic rings. The van der Waals surface area contributed by atoms with Gasteiger partial charge in [-0.1, -0.05) is 55.5 Å². The molecule has 1 amide bonds. The topological polar surface area (TPSA) is 32.3 Å². The number of amides is 1. The quantitative estimate of drug-likeness (QED) is 0.791. The Kier molecular flexibility index (Phi) is 6.33. The fourth-order valence-corrected chi connectivity index (χ4v) is 4.34. The zero-order valence-corrected chi connectivity index (χ0v) is 17.0. The van der Waals surface area contributed by atoms with E-state index < -0.39 is 0 Å². The van der Waals surface area contributed by atoms with Crippen LogP contribution in [0, 0.1) is 19.8 Å². The van der Waals surface area contributed by atoms with E-state index in [1.54, 1.807) is 0 Å². The van der Waals surface area contributed by atoms with E-state index in [0.717, 1.165) is 29.8 Å². The van der Waals surface area contributed by atoms with Crippen molar-refractivity contribution in [1.29, 1.82) is 0 Å². The predicted octanol–water partition coefficient (Wildman–Crippen LogP) is 4.89. The minimum absolute atomic E-state index is 0.00510. The zero-order chi connectivity index (χ0) is 19.4. The van der Waals surface area contributed by atoms with Gasteiger partial charge in [0.1, 0.15) is 0 Å². The molecule has 0 aromatic heterocycles. The molecule has 3 heteroatoms. The van der Waals surface area contributed by atoms with Crippen LogP contribution in [0.4, 0.5) is 0 Å². The van der Waals surface area contributed by atoms with Crippen LogP contribution in [0.3, 0.4) is 0 Å². The average Bonchev–Trinajstić information content (AvgIpc) is 3.05. The Morgan fingerprint density at radius 2 is 1.78 bits per heavy atom. The largest absolute Gasteiger partial charge is 0.345 e. The lowest BCUT2D eigenvalue weighted by atomic mass is 9.92. The molecular formula is C24H32N2O. The number of carbonyl (C=O) groups is 1. The first-order chi connectivity index (χ1) is 13.0. The van der Waals surface area contributed by atoms with Gasteiger partial charge in [0.25, 0.3) is 5.91 Å². The van der Waals surface area contributed by atoms with Gasteiger partial charge in [0.05, 0.1) is 6.04 Å². The van der Waals surface area contributed by atoms with Crippen molar-refractivity contribution in [2.45, 2.75) is 52.6 Å². The van der Waals surface area contributed by atoms with Crippen LogP contribution in [0.1, 0.15) is 59.8 Å². The Morgan fingerprint density at radius 3 is 2.37 bits per heavy atom. The molecule has 0 radical (unpaired) electrons. The van der Waals surface area contributed by atoms with E-state index >= 15 is 0 Å². The molecule has 0 saturated carbocycles. The van der Waals surface area contributed by atoms with Gasteiger partial charge in [-0.05, 0) is 62.8 Å². The Balaban J connectivity index is 1.83. The van der Waals surface area contributed by atoms with Crippen molar-refractivity contribution in [2.75, 3.05) is 13.1 Å². The van der Waals surface area contributed by atoms with Gasteiger partial charge in [0, 0.05) is 18.2 Å². The van der Waals surface area contributed by atoms with Crippen molar-refractivity contribution >= 4 is 5.91 Å². The fourth-order valence-electron chi connectivity index (χ4n) is 4.34. The van der Waals surface area contributed by atoms with E-state index in [4.69, 9.17) is 0 Å². The number of nitrogens with one attached hydrogen (secondary N) is 1. The number of benzene rings is 2. The van der Waals surface area contributed by atoms with E-state index in [9.17, 15) is 4.79 Å². The van der Waals surface area contributed by atoms with Gasteiger partial charge in [-0.15, -0.1) is 0 Å². The number of aryl methyl sites for hydroxylation is 2. The Labute approximate surface area is 163 Å². The third kappa shape index (κ3) is 4.59. The highest BCUT2D eigenvalue weighted by Gasteiger charge is 2.28. The van der Waals surface area contributed by atoms with Crippen molar-refractivity contribution in [1.82, 2.24) is 10.2 Å². The monoisotopic (exact) mass is 364 g/mol. The molecule has 3 atom stereocenters. The van der Waals surface area contributed by atoms with Gasteiger partial charge >= 0.3 is 0 Å². The van der Waals surface area contributed by atoms with Crippen molar-refractivity contribution in [2.24, 2.45) is 5.92 Å². The van der Waals surface area contributed by atoms with Gasteiger partial charge in [0.2, 0.25) is 0 Å². The molecule has 0 aliphatic carbocycles. The number of carbonyl (C=O) groups excluding carboxylic acids is 1. The number of likely N-dealkylation sites (tertiary alicyclic amines) is 1. The normalized spacial score (nSPS) is 19.6. The molecule has 1 saturated heterocycles. The number of rotatable bonds is 6.